The van der Waals surface area contributed by atoms with Crippen LogP contribution in [-0.2, 0) is 44.6 Å². The molecule has 1 N–H and O–H groups in total. The fourth-order valence-electron chi connectivity index (χ4n) is 17.1. The Morgan fingerprint density at radius 3 is 2.04 bits per heavy atom. The van der Waals surface area contributed by atoms with Crippen molar-refractivity contribution in [3.63, 3.8) is 0 Å². The van der Waals surface area contributed by atoms with Crippen LogP contribution in [0.3, 0.4) is 0 Å². The second-order valence-electron chi connectivity index (χ2n) is 31.5. The minimum atomic E-state index is -2.82. The number of amides is 1. The van der Waals surface area contributed by atoms with Crippen LogP contribution in [-0.4, -0.2) is 96.2 Å². The van der Waals surface area contributed by atoms with Gasteiger partial charge in [0.15, 0.2) is 8.32 Å². The first kappa shape index (κ1) is 75.4. The van der Waals surface area contributed by atoms with Gasteiger partial charge in [0.05, 0.1) is 53.1 Å². The van der Waals surface area contributed by atoms with Crippen LogP contribution in [0.5, 0.6) is 11.5 Å². The molecular weight excluding hydrogens is 1250 g/mol. The Hall–Kier alpha value is -4.79. The highest BCUT2D eigenvalue weighted by Gasteiger charge is 2.64. The number of hydrogen-bond donors (Lipinski definition) is 1. The van der Waals surface area contributed by atoms with Gasteiger partial charge in [-0.15, -0.1) is 0 Å². The molecule has 528 valence electrons. The van der Waals surface area contributed by atoms with Crippen molar-refractivity contribution in [2.24, 2.45) is 45.8 Å². The maximum Gasteiger partial charge on any atom is 0.407 e. The monoisotopic (exact) mass is 1360 g/mol. The van der Waals surface area contributed by atoms with Gasteiger partial charge in [-0.2, -0.15) is 5.26 Å². The van der Waals surface area contributed by atoms with E-state index in [0.29, 0.717) is 34.2 Å². The summed E-state index contributed by atoms with van der Waals surface area (Å²) < 4.78 is 95.6. The Bertz CT molecular complexity index is 3210. The Labute approximate surface area is 576 Å². The number of halogens is 2. The molecule has 9 rings (SSSR count). The van der Waals surface area contributed by atoms with E-state index in [2.05, 4.69) is 125 Å². The summed E-state index contributed by atoms with van der Waals surface area (Å²) in [7, 11) is -1.51. The van der Waals surface area contributed by atoms with E-state index in [4.69, 9.17) is 41.9 Å². The van der Waals surface area contributed by atoms with Crippen molar-refractivity contribution in [3.8, 4) is 17.6 Å². The summed E-state index contributed by atoms with van der Waals surface area (Å²) in [5.74, 6) is 3.30. The molecule has 17 heteroatoms. The van der Waals surface area contributed by atoms with Crippen molar-refractivity contribution in [2.45, 2.75) is 240 Å². The predicted molar refractivity (Wildman–Crippen MR) is 380 cm³/mol. The predicted octanol–water partition coefficient (Wildman–Crippen LogP) is 19.5. The zero-order valence-electron chi connectivity index (χ0n) is 60.9. The summed E-state index contributed by atoms with van der Waals surface area (Å²) >= 11 is 0. The second-order valence-corrected chi connectivity index (χ2v) is 37.6. The minimum Gasteiger partial charge on any atom is -0.497 e. The first-order chi connectivity index (χ1) is 45.5. The van der Waals surface area contributed by atoms with Crippen molar-refractivity contribution in [1.29, 1.82) is 5.26 Å². The number of ether oxygens (including phenoxy) is 6. The molecule has 1 aliphatic heterocycles. The van der Waals surface area contributed by atoms with Crippen LogP contribution < -0.4 is 14.8 Å². The summed E-state index contributed by atoms with van der Waals surface area (Å²) in [5.41, 5.74) is 3.59. The van der Waals surface area contributed by atoms with Crippen molar-refractivity contribution in [1.82, 2.24) is 9.99 Å². The molecule has 13 nitrogen and oxygen atoms in total. The number of fused-ring (bicyclic) bond motifs is 5. The number of alkyl carbamates (subject to hydrolysis) is 1. The number of nitriles is 1. The highest BCUT2D eigenvalue weighted by atomic mass is 31.2. The molecule has 4 aliphatic carbocycles. The molecule has 5 aliphatic rings. The van der Waals surface area contributed by atoms with Gasteiger partial charge in [-0.1, -0.05) is 148 Å². The quantitative estimate of drug-likeness (QED) is 0.0175. The molecule has 96 heavy (non-hydrogen) atoms. The molecule has 0 bridgehead atoms. The van der Waals surface area contributed by atoms with E-state index in [1.54, 1.807) is 14.2 Å². The second kappa shape index (κ2) is 31.8. The van der Waals surface area contributed by atoms with E-state index in [9.17, 15) is 10.1 Å². The third kappa shape index (κ3) is 16.0. The van der Waals surface area contributed by atoms with Gasteiger partial charge >= 0.3 is 6.09 Å². The SMILES string of the molecule is COc1ccc(C(OC[C@H]2O[C@@H](c3cc(COCCNC(=O)OC4CC[C@@]5(C)C(=CC[C@@H]6[C@@H]5CC[C@@]5(C)[C@H]6CC[C@]5(C)[C@H](C)CCCC(C)C)C4)c(F)cc3F)C(O[Si](C)(C)C(C)(C)C)[C@H]2OP(OCCC#N)N(C(C)C)C(C)C)(c2ccccc2)c2ccc(OC)cc2)cc1. The molecule has 1 saturated heterocycles. The topological polar surface area (TPSA) is 139 Å². The number of rotatable bonds is 30. The molecule has 0 aromatic heterocycles. The zero-order valence-corrected chi connectivity index (χ0v) is 62.8. The van der Waals surface area contributed by atoms with Gasteiger partial charge in [-0.25, -0.2) is 18.2 Å². The van der Waals surface area contributed by atoms with Crippen molar-refractivity contribution in [3.05, 3.63) is 142 Å². The fraction of sp³-hybridized carbons (Fsp3) is 0.646. The van der Waals surface area contributed by atoms with Crippen LogP contribution in [0, 0.1) is 68.8 Å². The normalized spacial score (nSPS) is 27.4. The Morgan fingerprint density at radius 2 is 1.44 bits per heavy atom. The lowest BCUT2D eigenvalue weighted by atomic mass is 9.44. The fourth-order valence-corrected chi connectivity index (χ4v) is 20.2. The number of hydrogen-bond acceptors (Lipinski definition) is 12. The van der Waals surface area contributed by atoms with Crippen LogP contribution in [0.15, 0.2) is 103 Å². The lowest BCUT2D eigenvalue weighted by molar-refractivity contribution is -0.0892. The molecule has 13 atom stereocenters. The summed E-state index contributed by atoms with van der Waals surface area (Å²) in [4.78, 5) is 13.5. The first-order valence-electron chi connectivity index (χ1n) is 35.8. The van der Waals surface area contributed by atoms with Crippen molar-refractivity contribution in [2.75, 3.05) is 40.6 Å². The molecule has 0 spiro atoms. The number of nitrogens with one attached hydrogen (secondary N) is 1. The highest BCUT2D eigenvalue weighted by molar-refractivity contribution is 7.44. The summed E-state index contributed by atoms with van der Waals surface area (Å²) in [6, 6.07) is 29.9. The number of nitrogens with zero attached hydrogens (tertiary/aromatic N) is 2. The molecule has 1 amide bonds. The lowest BCUT2D eigenvalue weighted by Gasteiger charge is -2.60. The molecule has 4 fully saturated rings. The van der Waals surface area contributed by atoms with Crippen molar-refractivity contribution < 1.29 is 55.5 Å². The van der Waals surface area contributed by atoms with E-state index in [0.717, 1.165) is 66.2 Å². The molecule has 3 saturated carbocycles. The van der Waals surface area contributed by atoms with E-state index in [1.807, 2.05) is 78.9 Å². The molecule has 1 heterocycles. The number of methoxy groups -OCH3 is 2. The number of carbonyl (C=O) groups is 1. The Morgan fingerprint density at radius 1 is 0.802 bits per heavy atom. The van der Waals surface area contributed by atoms with E-state index >= 15 is 8.78 Å². The Balaban J connectivity index is 0.941. The summed E-state index contributed by atoms with van der Waals surface area (Å²) in [6.07, 6.45) is 10.8. The van der Waals surface area contributed by atoms with Crippen LogP contribution in [0.2, 0.25) is 18.1 Å². The minimum absolute atomic E-state index is 0.0452. The summed E-state index contributed by atoms with van der Waals surface area (Å²) in [6.45, 7) is 33.9. The smallest absolute Gasteiger partial charge is 0.407 e. The molecule has 4 aromatic carbocycles. The average Bonchev–Trinajstić information content (AvgIpc) is 1.47. The van der Waals surface area contributed by atoms with Crippen LogP contribution in [0.4, 0.5) is 13.6 Å². The zero-order chi connectivity index (χ0) is 69.5. The van der Waals surface area contributed by atoms with Crippen LogP contribution in [0.1, 0.15) is 201 Å². The summed E-state index contributed by atoms with van der Waals surface area (Å²) in [5, 5.41) is 12.3. The molecule has 0 radical (unpaired) electrons. The largest absolute Gasteiger partial charge is 0.497 e. The average molecular weight is 1360 g/mol. The van der Waals surface area contributed by atoms with Crippen LogP contribution in [0.25, 0.3) is 0 Å². The van der Waals surface area contributed by atoms with Gasteiger partial charge in [0.25, 0.3) is 8.53 Å². The van der Waals surface area contributed by atoms with Gasteiger partial charge in [0.1, 0.15) is 59.3 Å². The third-order valence-corrected chi connectivity index (χ3v) is 30.4. The van der Waals surface area contributed by atoms with E-state index in [-0.39, 0.29) is 79.2 Å². The maximum atomic E-state index is 17.2. The number of carbonyl (C=O) groups excluding carboxylic acids is 1. The van der Waals surface area contributed by atoms with E-state index in [1.165, 1.54) is 56.6 Å². The number of allylic oxidation sites excluding steroid dienone is 1. The number of benzene rings is 4. The van der Waals surface area contributed by atoms with Crippen LogP contribution >= 0.6 is 8.53 Å². The lowest BCUT2D eigenvalue weighted by Crippen LogP contribution is -2.53. The molecular formula is C79H114F2N3O10PSi. The maximum absolute atomic E-state index is 17.2. The Kier molecular flexibility index (Phi) is 25.0. The molecule has 4 aromatic rings. The standard InChI is InChI=1S/C79H114F2N3O10PSi/c1-52(2)23-21-24-55(7)77(12)41-39-67-64-36-31-60-48-63(37-40-76(60,11)66(64)38-42-78(67,77)13)91-74(85)83-44-46-88-50-56-47-65(69(81)49-68(56)80)71-73(94-96(16,17)75(8,9)10)72(93-95(90-45-22-43-82)84(53(3)4)54(5)6)70(92-71)51-89-79(57-25-19-18-20-26-57,58-27-32-61(86-14)33-28-58)59-29-34-62(87-15)35-30-59/h18-20,25-35,47,49,52-55,63-64,66-67,70-73H,21-24,36-42,44-46,48,50-51H2,1-17H3,(H,83,85)/t55-,63?,64-,66+,67+,70-,71+,72+,73?,76+,77-,78+,95?/m1/s1. The van der Waals surface area contributed by atoms with E-state index < -0.39 is 64.6 Å². The van der Waals surface area contributed by atoms with Gasteiger partial charge < -0.3 is 47.2 Å². The van der Waals surface area contributed by atoms with Gasteiger partial charge in [0, 0.05) is 42.2 Å². The third-order valence-electron chi connectivity index (χ3n) is 23.8. The highest BCUT2D eigenvalue weighted by Crippen LogP contribution is 2.71. The molecule has 3 unspecified atom stereocenters. The van der Waals surface area contributed by atoms with Gasteiger partial charge in [0.2, 0.25) is 0 Å². The first-order valence-corrected chi connectivity index (χ1v) is 39.9. The van der Waals surface area contributed by atoms with Crippen molar-refractivity contribution >= 4 is 22.9 Å². The van der Waals surface area contributed by atoms with Gasteiger partial charge in [-0.05, 0) is 184 Å². The van der Waals surface area contributed by atoms with Gasteiger partial charge in [-0.3, -0.25) is 0 Å².